The molecule has 0 aromatic heterocycles. The maximum atomic E-state index is 12.3. The fraction of sp³-hybridized carbons (Fsp3) is 0.857. The smallest absolute Gasteiger partial charge is 0.369 e. The van der Waals surface area contributed by atoms with Crippen LogP contribution in [0.15, 0.2) is 0 Å². The second-order valence-corrected chi connectivity index (χ2v) is 3.22. The predicted octanol–water partition coefficient (Wildman–Crippen LogP) is 1.70. The van der Waals surface area contributed by atoms with Crippen LogP contribution in [0.2, 0.25) is 0 Å². The van der Waals surface area contributed by atoms with Crippen molar-refractivity contribution in [2.24, 2.45) is 17.1 Å². The van der Waals surface area contributed by atoms with Gasteiger partial charge in [-0.1, -0.05) is 13.8 Å². The Balaban J connectivity index is 5.02. The van der Waals surface area contributed by atoms with E-state index in [0.29, 0.717) is 0 Å². The lowest BCUT2D eigenvalue weighted by Gasteiger charge is -2.32. The van der Waals surface area contributed by atoms with Crippen molar-refractivity contribution in [1.82, 2.24) is 0 Å². The third-order valence-corrected chi connectivity index (χ3v) is 2.26. The Bertz CT molecular complexity index is 188. The Labute approximate surface area is 68.9 Å². The average molecular weight is 183 g/mol. The summed E-state index contributed by atoms with van der Waals surface area (Å²) in [5.41, 5.74) is 2.28. The molecule has 2 nitrogen and oxygen atoms in total. The summed E-state index contributed by atoms with van der Waals surface area (Å²) >= 11 is 0. The fourth-order valence-electron chi connectivity index (χ4n) is 0.752. The highest BCUT2D eigenvalue weighted by Gasteiger charge is 2.57. The van der Waals surface area contributed by atoms with E-state index < -0.39 is 23.4 Å². The minimum absolute atomic E-state index is 0.819. The van der Waals surface area contributed by atoms with Crippen LogP contribution in [0, 0.1) is 11.3 Å². The molecule has 1 unspecified atom stereocenters. The van der Waals surface area contributed by atoms with E-state index in [1.54, 1.807) is 0 Å². The van der Waals surface area contributed by atoms with Crippen LogP contribution in [0.25, 0.3) is 0 Å². The van der Waals surface area contributed by atoms with Gasteiger partial charge in [0.15, 0.2) is 0 Å². The van der Waals surface area contributed by atoms with Gasteiger partial charge in [-0.05, 0) is 12.8 Å². The molecule has 0 aromatic carbocycles. The molecule has 0 heterocycles. The Kier molecular flexibility index (Phi) is 2.77. The fourth-order valence-corrected chi connectivity index (χ4v) is 0.752. The molecule has 0 fully saturated rings. The van der Waals surface area contributed by atoms with Gasteiger partial charge in [0.25, 0.3) is 0 Å². The van der Waals surface area contributed by atoms with Gasteiger partial charge in [-0.3, -0.25) is 4.79 Å². The van der Waals surface area contributed by atoms with Crippen LogP contribution in [0.1, 0.15) is 20.8 Å². The number of carbonyl (C=O) groups is 1. The van der Waals surface area contributed by atoms with E-state index in [1.165, 1.54) is 13.8 Å². The first-order valence-electron chi connectivity index (χ1n) is 3.50. The van der Waals surface area contributed by atoms with E-state index in [4.69, 9.17) is 5.73 Å². The van der Waals surface area contributed by atoms with Crippen LogP contribution < -0.4 is 5.73 Å². The number of hydrogen-bond acceptors (Lipinski definition) is 1. The van der Waals surface area contributed by atoms with Gasteiger partial charge >= 0.3 is 6.18 Å². The molecule has 12 heavy (non-hydrogen) atoms. The van der Waals surface area contributed by atoms with Crippen LogP contribution >= 0.6 is 0 Å². The number of primary amides is 1. The molecular weight excluding hydrogens is 171 g/mol. The number of hydrogen-bond donors (Lipinski definition) is 1. The molecule has 0 spiro atoms. The molecule has 0 saturated heterocycles. The van der Waals surface area contributed by atoms with Gasteiger partial charge in [0.05, 0.1) is 0 Å². The predicted molar refractivity (Wildman–Crippen MR) is 38.2 cm³/mol. The van der Waals surface area contributed by atoms with Gasteiger partial charge in [-0.2, -0.15) is 13.2 Å². The molecule has 0 aliphatic heterocycles. The lowest BCUT2D eigenvalue weighted by molar-refractivity contribution is -0.226. The molecule has 0 radical (unpaired) electrons. The van der Waals surface area contributed by atoms with Crippen LogP contribution in [0.3, 0.4) is 0 Å². The van der Waals surface area contributed by atoms with Crippen LogP contribution in [-0.2, 0) is 4.79 Å². The zero-order valence-electron chi connectivity index (χ0n) is 7.20. The lowest BCUT2D eigenvalue weighted by atomic mass is 9.78. The van der Waals surface area contributed by atoms with Gasteiger partial charge in [0.2, 0.25) is 5.91 Å². The molecule has 0 saturated carbocycles. The van der Waals surface area contributed by atoms with E-state index in [-0.39, 0.29) is 0 Å². The van der Waals surface area contributed by atoms with Crippen molar-refractivity contribution in [3.63, 3.8) is 0 Å². The molecule has 0 aliphatic carbocycles. The molecule has 1 amide bonds. The zero-order chi connectivity index (χ0) is 10.2. The maximum Gasteiger partial charge on any atom is 0.403 e. The van der Waals surface area contributed by atoms with Crippen molar-refractivity contribution in [2.45, 2.75) is 26.9 Å². The highest BCUT2D eigenvalue weighted by atomic mass is 19.4. The molecular formula is C7H12F3NO. The molecule has 5 heteroatoms. The number of nitrogens with two attached hydrogens (primary N) is 1. The number of alkyl halides is 3. The van der Waals surface area contributed by atoms with Crippen molar-refractivity contribution >= 4 is 5.91 Å². The van der Waals surface area contributed by atoms with Gasteiger partial charge in [0.1, 0.15) is 5.41 Å². The molecule has 0 rings (SSSR count). The minimum Gasteiger partial charge on any atom is -0.369 e. The van der Waals surface area contributed by atoms with Crippen molar-refractivity contribution in [3.8, 4) is 0 Å². The summed E-state index contributed by atoms with van der Waals surface area (Å²) in [4.78, 5) is 10.6. The van der Waals surface area contributed by atoms with Gasteiger partial charge in [-0.15, -0.1) is 0 Å². The van der Waals surface area contributed by atoms with Gasteiger partial charge in [0, 0.05) is 0 Å². The monoisotopic (exact) mass is 183 g/mol. The first-order chi connectivity index (χ1) is 5.14. The van der Waals surface area contributed by atoms with E-state index in [1.807, 2.05) is 0 Å². The molecule has 0 aliphatic rings. The van der Waals surface area contributed by atoms with Crippen molar-refractivity contribution in [1.29, 1.82) is 0 Å². The van der Waals surface area contributed by atoms with Crippen LogP contribution in [-0.4, -0.2) is 12.1 Å². The first kappa shape index (κ1) is 11.3. The summed E-state index contributed by atoms with van der Waals surface area (Å²) in [6.07, 6.45) is -4.58. The molecule has 72 valence electrons. The van der Waals surface area contributed by atoms with Crippen LogP contribution in [0.4, 0.5) is 13.2 Å². The van der Waals surface area contributed by atoms with E-state index in [0.717, 1.165) is 6.92 Å². The quantitative estimate of drug-likeness (QED) is 0.695. The molecule has 0 aromatic rings. The number of carbonyl (C=O) groups excluding carboxylic acids is 1. The lowest BCUT2D eigenvalue weighted by Crippen LogP contribution is -2.50. The first-order valence-corrected chi connectivity index (χ1v) is 3.50. The number of rotatable bonds is 2. The third-order valence-electron chi connectivity index (χ3n) is 2.26. The zero-order valence-corrected chi connectivity index (χ0v) is 7.20. The number of amides is 1. The summed E-state index contributed by atoms with van der Waals surface area (Å²) in [5.74, 6) is -2.18. The average Bonchev–Trinajstić information content (AvgIpc) is 1.82. The number of halogens is 3. The Morgan fingerprint density at radius 3 is 1.67 bits per heavy atom. The second kappa shape index (κ2) is 2.95. The standard InChI is InChI=1S/C7H12F3NO/c1-4(2)6(3,5(11)12)7(8,9)10/h4H,1-3H3,(H2,11,12). The van der Waals surface area contributed by atoms with Crippen molar-refractivity contribution in [3.05, 3.63) is 0 Å². The summed E-state index contributed by atoms with van der Waals surface area (Å²) in [7, 11) is 0. The third kappa shape index (κ3) is 1.54. The second-order valence-electron chi connectivity index (χ2n) is 3.22. The van der Waals surface area contributed by atoms with E-state index in [9.17, 15) is 18.0 Å². The highest BCUT2D eigenvalue weighted by Crippen LogP contribution is 2.43. The summed E-state index contributed by atoms with van der Waals surface area (Å²) < 4.78 is 36.9. The minimum atomic E-state index is -4.58. The highest BCUT2D eigenvalue weighted by molar-refractivity contribution is 5.81. The molecule has 1 atom stereocenters. The summed E-state index contributed by atoms with van der Waals surface area (Å²) in [6.45, 7) is 3.45. The normalized spacial score (nSPS) is 17.6. The largest absolute Gasteiger partial charge is 0.403 e. The van der Waals surface area contributed by atoms with Gasteiger partial charge < -0.3 is 5.73 Å². The van der Waals surface area contributed by atoms with Crippen LogP contribution in [0.5, 0.6) is 0 Å². The summed E-state index contributed by atoms with van der Waals surface area (Å²) in [5, 5.41) is 0. The Hall–Kier alpha value is -0.740. The van der Waals surface area contributed by atoms with E-state index in [2.05, 4.69) is 0 Å². The Morgan fingerprint density at radius 2 is 1.67 bits per heavy atom. The SMILES string of the molecule is CC(C)C(C)(C(N)=O)C(F)(F)F. The van der Waals surface area contributed by atoms with Gasteiger partial charge in [-0.25, -0.2) is 0 Å². The topological polar surface area (TPSA) is 43.1 Å². The van der Waals surface area contributed by atoms with Crippen molar-refractivity contribution < 1.29 is 18.0 Å². The Morgan fingerprint density at radius 1 is 1.33 bits per heavy atom. The van der Waals surface area contributed by atoms with Crippen molar-refractivity contribution in [2.75, 3.05) is 0 Å². The molecule has 2 N–H and O–H groups in total. The summed E-state index contributed by atoms with van der Waals surface area (Å²) in [6, 6.07) is 0. The van der Waals surface area contributed by atoms with E-state index >= 15 is 0 Å². The maximum absolute atomic E-state index is 12.3. The molecule has 0 bridgehead atoms.